The summed E-state index contributed by atoms with van der Waals surface area (Å²) >= 11 is 3.43. The van der Waals surface area contributed by atoms with E-state index in [-0.39, 0.29) is 18.2 Å². The number of hydrogen-bond donors (Lipinski definition) is 2. The van der Waals surface area contributed by atoms with Crippen molar-refractivity contribution in [3.8, 4) is 33.9 Å². The van der Waals surface area contributed by atoms with Crippen LogP contribution in [0.2, 0.25) is 0 Å². The van der Waals surface area contributed by atoms with Crippen molar-refractivity contribution in [3.05, 3.63) is 88.8 Å². The molecule has 0 unspecified atom stereocenters. The molecule has 2 N–H and O–H groups in total. The SMILES string of the molecule is Oc1cc(OCc2ccc(F)cc2)ccc1-c1[nH]ncc1-c1ccc(Br)cc1. The molecule has 4 nitrogen and oxygen atoms in total. The van der Waals surface area contributed by atoms with Gasteiger partial charge in [0.15, 0.2) is 0 Å². The monoisotopic (exact) mass is 438 g/mol. The van der Waals surface area contributed by atoms with E-state index in [2.05, 4.69) is 26.1 Å². The van der Waals surface area contributed by atoms with Gasteiger partial charge in [-0.2, -0.15) is 5.10 Å². The quantitative estimate of drug-likeness (QED) is 0.405. The van der Waals surface area contributed by atoms with Crippen LogP contribution in [0.1, 0.15) is 5.56 Å². The molecule has 0 saturated carbocycles. The lowest BCUT2D eigenvalue weighted by Gasteiger charge is -2.10. The number of aromatic nitrogens is 2. The molecule has 0 saturated heterocycles. The number of phenols is 1. The standard InChI is InChI=1S/C22H16BrFN2O2/c23-16-5-3-15(4-6-16)20-12-25-26-22(20)19-10-9-18(11-21(19)27)28-13-14-1-7-17(24)8-2-14/h1-12,27H,13H2,(H,25,26). The normalized spacial score (nSPS) is 10.8. The Balaban J connectivity index is 1.56. The van der Waals surface area contributed by atoms with Crippen LogP contribution >= 0.6 is 15.9 Å². The zero-order valence-corrected chi connectivity index (χ0v) is 16.3. The summed E-state index contributed by atoms with van der Waals surface area (Å²) in [6.45, 7) is 0.285. The summed E-state index contributed by atoms with van der Waals surface area (Å²) in [6, 6.07) is 19.1. The summed E-state index contributed by atoms with van der Waals surface area (Å²) in [5.41, 5.74) is 4.08. The molecule has 0 fully saturated rings. The Labute approximate surface area is 169 Å². The van der Waals surface area contributed by atoms with Crippen LogP contribution in [0, 0.1) is 5.82 Å². The molecular formula is C22H16BrFN2O2. The summed E-state index contributed by atoms with van der Waals surface area (Å²) in [7, 11) is 0. The molecule has 0 aliphatic rings. The lowest BCUT2D eigenvalue weighted by molar-refractivity contribution is 0.304. The van der Waals surface area contributed by atoms with E-state index in [0.29, 0.717) is 11.3 Å². The van der Waals surface area contributed by atoms with E-state index >= 15 is 0 Å². The van der Waals surface area contributed by atoms with Crippen LogP contribution in [-0.2, 0) is 6.61 Å². The Morgan fingerprint density at radius 1 is 0.964 bits per heavy atom. The van der Waals surface area contributed by atoms with Gasteiger partial charge in [-0.05, 0) is 47.5 Å². The molecule has 0 aliphatic carbocycles. The summed E-state index contributed by atoms with van der Waals surface area (Å²) < 4.78 is 19.7. The van der Waals surface area contributed by atoms with Crippen molar-refractivity contribution in [2.75, 3.05) is 0 Å². The third kappa shape index (κ3) is 3.92. The molecule has 0 amide bonds. The zero-order chi connectivity index (χ0) is 19.5. The maximum atomic E-state index is 13.0. The zero-order valence-electron chi connectivity index (χ0n) is 14.7. The number of rotatable bonds is 5. The number of aromatic hydroxyl groups is 1. The fraction of sp³-hybridized carbons (Fsp3) is 0.0455. The Morgan fingerprint density at radius 3 is 2.43 bits per heavy atom. The van der Waals surface area contributed by atoms with Crippen LogP contribution in [0.5, 0.6) is 11.5 Å². The van der Waals surface area contributed by atoms with Gasteiger partial charge in [-0.15, -0.1) is 0 Å². The molecule has 1 heterocycles. The molecule has 1 aromatic heterocycles. The Kier molecular flexibility index (Phi) is 5.12. The van der Waals surface area contributed by atoms with Crippen LogP contribution < -0.4 is 4.74 Å². The maximum Gasteiger partial charge on any atom is 0.128 e. The largest absolute Gasteiger partial charge is 0.507 e. The first-order chi connectivity index (χ1) is 13.6. The number of halogens is 2. The minimum Gasteiger partial charge on any atom is -0.507 e. The van der Waals surface area contributed by atoms with E-state index in [0.717, 1.165) is 26.9 Å². The summed E-state index contributed by atoms with van der Waals surface area (Å²) in [4.78, 5) is 0. The average molecular weight is 439 g/mol. The van der Waals surface area contributed by atoms with Gasteiger partial charge in [-0.25, -0.2) is 4.39 Å². The van der Waals surface area contributed by atoms with E-state index in [1.165, 1.54) is 12.1 Å². The first kappa shape index (κ1) is 18.3. The van der Waals surface area contributed by atoms with Crippen molar-refractivity contribution in [1.29, 1.82) is 0 Å². The first-order valence-corrected chi connectivity index (χ1v) is 9.39. The highest BCUT2D eigenvalue weighted by Crippen LogP contribution is 2.37. The molecule has 0 atom stereocenters. The number of phenolic OH excluding ortho intramolecular Hbond substituents is 1. The highest BCUT2D eigenvalue weighted by atomic mass is 79.9. The van der Waals surface area contributed by atoms with Gasteiger partial charge in [0.1, 0.15) is 23.9 Å². The molecule has 28 heavy (non-hydrogen) atoms. The van der Waals surface area contributed by atoms with Gasteiger partial charge in [-0.3, -0.25) is 5.10 Å². The van der Waals surface area contributed by atoms with E-state index in [1.807, 2.05) is 24.3 Å². The molecule has 0 bridgehead atoms. The van der Waals surface area contributed by atoms with Crippen molar-refractivity contribution in [2.24, 2.45) is 0 Å². The molecule has 4 aromatic rings. The van der Waals surface area contributed by atoms with Crippen LogP contribution in [0.4, 0.5) is 4.39 Å². The molecule has 0 aliphatic heterocycles. The topological polar surface area (TPSA) is 58.1 Å². The van der Waals surface area contributed by atoms with Crippen molar-refractivity contribution in [3.63, 3.8) is 0 Å². The van der Waals surface area contributed by atoms with Gasteiger partial charge in [0.25, 0.3) is 0 Å². The van der Waals surface area contributed by atoms with Gasteiger partial charge in [0.2, 0.25) is 0 Å². The molecule has 0 radical (unpaired) electrons. The molecule has 6 heteroatoms. The number of hydrogen-bond acceptors (Lipinski definition) is 3. The molecule has 140 valence electrons. The third-order valence-electron chi connectivity index (χ3n) is 4.35. The average Bonchev–Trinajstić information content (AvgIpc) is 3.18. The Morgan fingerprint density at radius 2 is 1.71 bits per heavy atom. The minimum absolute atomic E-state index is 0.0826. The second-order valence-corrected chi connectivity index (χ2v) is 7.18. The van der Waals surface area contributed by atoms with Crippen molar-refractivity contribution >= 4 is 15.9 Å². The third-order valence-corrected chi connectivity index (χ3v) is 4.88. The lowest BCUT2D eigenvalue weighted by atomic mass is 10.0. The number of nitrogens with zero attached hydrogens (tertiary/aromatic N) is 1. The van der Waals surface area contributed by atoms with E-state index in [4.69, 9.17) is 4.74 Å². The van der Waals surface area contributed by atoms with Crippen LogP contribution in [0.15, 0.2) is 77.4 Å². The molecule has 3 aromatic carbocycles. The smallest absolute Gasteiger partial charge is 0.128 e. The fourth-order valence-corrected chi connectivity index (χ4v) is 3.16. The molecule has 0 spiro atoms. The molecule has 4 rings (SSSR count). The highest BCUT2D eigenvalue weighted by molar-refractivity contribution is 9.10. The first-order valence-electron chi connectivity index (χ1n) is 8.60. The highest BCUT2D eigenvalue weighted by Gasteiger charge is 2.14. The number of H-pyrrole nitrogens is 1. The van der Waals surface area contributed by atoms with Gasteiger partial charge < -0.3 is 9.84 Å². The number of nitrogens with one attached hydrogen (secondary N) is 1. The second-order valence-electron chi connectivity index (χ2n) is 6.26. The number of aromatic amines is 1. The Hall–Kier alpha value is -3.12. The van der Waals surface area contributed by atoms with Gasteiger partial charge in [0.05, 0.1) is 11.9 Å². The van der Waals surface area contributed by atoms with Crippen molar-refractivity contribution in [1.82, 2.24) is 10.2 Å². The van der Waals surface area contributed by atoms with Crippen molar-refractivity contribution < 1.29 is 14.2 Å². The second kappa shape index (κ2) is 7.86. The minimum atomic E-state index is -0.285. The Bertz CT molecular complexity index is 1090. The van der Waals surface area contributed by atoms with Gasteiger partial charge in [0, 0.05) is 21.7 Å². The lowest BCUT2D eigenvalue weighted by Crippen LogP contribution is -1.95. The predicted molar refractivity (Wildman–Crippen MR) is 110 cm³/mol. The summed E-state index contributed by atoms with van der Waals surface area (Å²) in [5.74, 6) is 0.321. The number of ether oxygens (including phenoxy) is 1. The molecular weight excluding hydrogens is 423 g/mol. The van der Waals surface area contributed by atoms with Crippen LogP contribution in [-0.4, -0.2) is 15.3 Å². The maximum absolute atomic E-state index is 13.0. The number of benzene rings is 3. The van der Waals surface area contributed by atoms with E-state index < -0.39 is 0 Å². The van der Waals surface area contributed by atoms with Crippen molar-refractivity contribution in [2.45, 2.75) is 6.61 Å². The summed E-state index contributed by atoms with van der Waals surface area (Å²) in [5, 5.41) is 17.6. The van der Waals surface area contributed by atoms with Gasteiger partial charge >= 0.3 is 0 Å². The van der Waals surface area contributed by atoms with Crippen LogP contribution in [0.25, 0.3) is 22.4 Å². The summed E-state index contributed by atoms with van der Waals surface area (Å²) in [6.07, 6.45) is 1.73. The van der Waals surface area contributed by atoms with E-state index in [1.54, 1.807) is 36.5 Å². The van der Waals surface area contributed by atoms with Crippen LogP contribution in [0.3, 0.4) is 0 Å². The van der Waals surface area contributed by atoms with E-state index in [9.17, 15) is 9.50 Å². The predicted octanol–water partition coefficient (Wildman–Crippen LogP) is 5.93. The fourth-order valence-electron chi connectivity index (χ4n) is 2.90. The van der Waals surface area contributed by atoms with Gasteiger partial charge in [-0.1, -0.05) is 40.2 Å².